The first kappa shape index (κ1) is 16.2. The van der Waals surface area contributed by atoms with Gasteiger partial charge in [-0.1, -0.05) is 0 Å². The Balaban J connectivity index is 1.93. The van der Waals surface area contributed by atoms with Crippen molar-refractivity contribution >= 4 is 10.0 Å². The van der Waals surface area contributed by atoms with E-state index in [0.717, 1.165) is 32.2 Å². The summed E-state index contributed by atoms with van der Waals surface area (Å²) in [4.78, 5) is 2.08. The number of sulfonamides is 1. The number of nitrogens with zero attached hydrogens (tertiary/aromatic N) is 1. The first-order valence-electron chi connectivity index (χ1n) is 6.79. The summed E-state index contributed by atoms with van der Waals surface area (Å²) in [6.45, 7) is 4.57. The third kappa shape index (κ3) is 4.37. The Labute approximate surface area is 124 Å². The van der Waals surface area contributed by atoms with Crippen LogP contribution in [-0.2, 0) is 10.0 Å². The topological polar surface area (TPSA) is 70.7 Å². The van der Waals surface area contributed by atoms with Gasteiger partial charge in [-0.15, -0.1) is 0 Å². The van der Waals surface area contributed by atoms with E-state index in [9.17, 15) is 12.8 Å². The minimum absolute atomic E-state index is 0.0229. The van der Waals surface area contributed by atoms with Gasteiger partial charge in [0.15, 0.2) is 11.6 Å². The first-order valence-corrected chi connectivity index (χ1v) is 8.27. The molecule has 0 aliphatic carbocycles. The molecule has 0 spiro atoms. The van der Waals surface area contributed by atoms with E-state index in [2.05, 4.69) is 14.9 Å². The molecule has 0 saturated carbocycles. The van der Waals surface area contributed by atoms with Gasteiger partial charge in [0.05, 0.1) is 12.0 Å². The summed E-state index contributed by atoms with van der Waals surface area (Å²) in [5, 5.41) is 3.23. The van der Waals surface area contributed by atoms with Gasteiger partial charge in [0.25, 0.3) is 0 Å². The summed E-state index contributed by atoms with van der Waals surface area (Å²) < 4.78 is 45.0. The van der Waals surface area contributed by atoms with Crippen LogP contribution in [-0.4, -0.2) is 59.7 Å². The Morgan fingerprint density at radius 2 is 2.10 bits per heavy atom. The molecule has 1 heterocycles. The standard InChI is InChI=1S/C13H20FN3O3S/c1-20-13-3-2-11(10-12(13)14)21(18,19)16-6-9-17-7-4-15-5-8-17/h2-3,10,15-16H,4-9H2,1H3. The number of ether oxygens (including phenoxy) is 1. The third-order valence-corrected chi connectivity index (χ3v) is 4.82. The molecule has 21 heavy (non-hydrogen) atoms. The fourth-order valence-corrected chi connectivity index (χ4v) is 3.20. The van der Waals surface area contributed by atoms with E-state index in [0.29, 0.717) is 13.1 Å². The minimum Gasteiger partial charge on any atom is -0.494 e. The quantitative estimate of drug-likeness (QED) is 0.774. The van der Waals surface area contributed by atoms with Gasteiger partial charge in [0, 0.05) is 39.3 Å². The minimum atomic E-state index is -3.70. The van der Waals surface area contributed by atoms with Crippen molar-refractivity contribution < 1.29 is 17.5 Å². The average Bonchev–Trinajstić information content (AvgIpc) is 2.48. The Morgan fingerprint density at radius 1 is 1.38 bits per heavy atom. The van der Waals surface area contributed by atoms with Gasteiger partial charge >= 0.3 is 0 Å². The molecule has 6 nitrogen and oxygen atoms in total. The molecule has 0 bridgehead atoms. The van der Waals surface area contributed by atoms with Crippen LogP contribution in [0.25, 0.3) is 0 Å². The van der Waals surface area contributed by atoms with Gasteiger partial charge in [0.2, 0.25) is 10.0 Å². The Morgan fingerprint density at radius 3 is 2.71 bits per heavy atom. The molecule has 1 aliphatic heterocycles. The molecule has 0 radical (unpaired) electrons. The summed E-state index contributed by atoms with van der Waals surface area (Å²) in [7, 11) is -2.36. The molecule has 118 valence electrons. The smallest absolute Gasteiger partial charge is 0.240 e. The Hall–Kier alpha value is -1.22. The summed E-state index contributed by atoms with van der Waals surface area (Å²) >= 11 is 0. The lowest BCUT2D eigenvalue weighted by Crippen LogP contribution is -2.46. The summed E-state index contributed by atoms with van der Waals surface area (Å²) in [6, 6.07) is 3.60. The lowest BCUT2D eigenvalue weighted by atomic mass is 10.3. The molecule has 2 rings (SSSR count). The average molecular weight is 317 g/mol. The second kappa shape index (κ2) is 7.17. The van der Waals surface area contributed by atoms with E-state index in [1.807, 2.05) is 0 Å². The molecule has 1 aliphatic rings. The maximum atomic E-state index is 13.6. The normalized spacial score (nSPS) is 16.9. The molecule has 8 heteroatoms. The van der Waals surface area contributed by atoms with Crippen LogP contribution in [0.5, 0.6) is 5.75 Å². The molecule has 0 aromatic heterocycles. The van der Waals surface area contributed by atoms with Gasteiger partial charge in [0.1, 0.15) is 0 Å². The molecule has 1 aromatic rings. The molecular formula is C13H20FN3O3S. The third-order valence-electron chi connectivity index (χ3n) is 3.36. The van der Waals surface area contributed by atoms with Gasteiger partial charge < -0.3 is 10.1 Å². The summed E-state index contributed by atoms with van der Waals surface area (Å²) in [6.07, 6.45) is 0. The lowest BCUT2D eigenvalue weighted by Gasteiger charge is -2.27. The highest BCUT2D eigenvalue weighted by atomic mass is 32.2. The van der Waals surface area contributed by atoms with E-state index < -0.39 is 15.8 Å². The molecular weight excluding hydrogens is 297 g/mol. The van der Waals surface area contributed by atoms with Crippen molar-refractivity contribution in [2.24, 2.45) is 0 Å². The van der Waals surface area contributed by atoms with Crippen molar-refractivity contribution in [2.45, 2.75) is 4.90 Å². The predicted molar refractivity (Wildman–Crippen MR) is 77.5 cm³/mol. The van der Waals surface area contributed by atoms with Gasteiger partial charge in [-0.25, -0.2) is 17.5 Å². The number of nitrogens with one attached hydrogen (secondary N) is 2. The largest absolute Gasteiger partial charge is 0.494 e. The molecule has 1 saturated heterocycles. The molecule has 2 N–H and O–H groups in total. The number of methoxy groups -OCH3 is 1. The molecule has 1 aromatic carbocycles. The zero-order valence-electron chi connectivity index (χ0n) is 11.9. The van der Waals surface area contributed by atoms with E-state index in [4.69, 9.17) is 4.74 Å². The first-order chi connectivity index (χ1) is 10.0. The van der Waals surface area contributed by atoms with Crippen LogP contribution in [0.15, 0.2) is 23.1 Å². The van der Waals surface area contributed by atoms with Crippen LogP contribution < -0.4 is 14.8 Å². The van der Waals surface area contributed by atoms with Crippen LogP contribution in [0.4, 0.5) is 4.39 Å². The van der Waals surface area contributed by atoms with Crippen molar-refractivity contribution in [1.82, 2.24) is 14.9 Å². The number of benzene rings is 1. The summed E-state index contributed by atoms with van der Waals surface area (Å²) in [5.74, 6) is -0.669. The highest BCUT2D eigenvalue weighted by molar-refractivity contribution is 7.89. The zero-order chi connectivity index (χ0) is 15.3. The lowest BCUT2D eigenvalue weighted by molar-refractivity contribution is 0.245. The maximum Gasteiger partial charge on any atom is 0.240 e. The predicted octanol–water partition coefficient (Wildman–Crippen LogP) is 0.0178. The van der Waals surface area contributed by atoms with Crippen molar-refractivity contribution in [3.05, 3.63) is 24.0 Å². The number of hydrogen-bond donors (Lipinski definition) is 2. The molecule has 1 fully saturated rings. The van der Waals surface area contributed by atoms with Crippen molar-refractivity contribution in [3.8, 4) is 5.75 Å². The number of halogens is 1. The highest BCUT2D eigenvalue weighted by Crippen LogP contribution is 2.20. The fourth-order valence-electron chi connectivity index (χ4n) is 2.17. The van der Waals surface area contributed by atoms with Crippen LogP contribution in [0.2, 0.25) is 0 Å². The SMILES string of the molecule is COc1ccc(S(=O)(=O)NCCN2CCNCC2)cc1F. The van der Waals surface area contributed by atoms with Crippen LogP contribution in [0, 0.1) is 5.82 Å². The number of piperazine rings is 1. The second-order valence-corrected chi connectivity index (χ2v) is 6.55. The molecule has 0 amide bonds. The second-order valence-electron chi connectivity index (χ2n) is 4.79. The maximum absolute atomic E-state index is 13.6. The number of hydrogen-bond acceptors (Lipinski definition) is 5. The van der Waals surface area contributed by atoms with Gasteiger partial charge in [-0.05, 0) is 18.2 Å². The number of rotatable bonds is 6. The van der Waals surface area contributed by atoms with Gasteiger partial charge in [-0.2, -0.15) is 0 Å². The van der Waals surface area contributed by atoms with Crippen LogP contribution in [0.1, 0.15) is 0 Å². The molecule has 0 atom stereocenters. The van der Waals surface area contributed by atoms with E-state index in [-0.39, 0.29) is 10.6 Å². The highest BCUT2D eigenvalue weighted by Gasteiger charge is 2.17. The Kier molecular flexibility index (Phi) is 5.51. The fraction of sp³-hybridized carbons (Fsp3) is 0.538. The monoisotopic (exact) mass is 317 g/mol. The Bertz CT molecular complexity index is 574. The van der Waals surface area contributed by atoms with Crippen LogP contribution in [0.3, 0.4) is 0 Å². The van der Waals surface area contributed by atoms with Crippen molar-refractivity contribution in [2.75, 3.05) is 46.4 Å². The van der Waals surface area contributed by atoms with Crippen molar-refractivity contribution in [1.29, 1.82) is 0 Å². The van der Waals surface area contributed by atoms with E-state index in [1.54, 1.807) is 0 Å². The van der Waals surface area contributed by atoms with E-state index in [1.165, 1.54) is 19.2 Å². The zero-order valence-corrected chi connectivity index (χ0v) is 12.7. The van der Waals surface area contributed by atoms with E-state index >= 15 is 0 Å². The van der Waals surface area contributed by atoms with Gasteiger partial charge in [-0.3, -0.25) is 4.90 Å². The molecule has 0 unspecified atom stereocenters. The van der Waals surface area contributed by atoms with Crippen molar-refractivity contribution in [3.63, 3.8) is 0 Å². The van der Waals surface area contributed by atoms with Crippen LogP contribution >= 0.6 is 0 Å². The summed E-state index contributed by atoms with van der Waals surface area (Å²) in [5.41, 5.74) is 0.